The van der Waals surface area contributed by atoms with Gasteiger partial charge >= 0.3 is 0 Å². The van der Waals surface area contributed by atoms with Crippen LogP contribution in [0.15, 0.2) is 46.0 Å². The molecule has 6 heteroatoms. The van der Waals surface area contributed by atoms with Crippen molar-refractivity contribution in [2.75, 3.05) is 20.8 Å². The van der Waals surface area contributed by atoms with Crippen LogP contribution in [0.2, 0.25) is 0 Å². The molecular formula is C19H19BrN2O3. The number of nitrogens with one attached hydrogen (secondary N) is 1. The van der Waals surface area contributed by atoms with E-state index in [0.717, 1.165) is 26.7 Å². The third-order valence-electron chi connectivity index (χ3n) is 3.95. The van der Waals surface area contributed by atoms with Crippen molar-refractivity contribution in [2.45, 2.75) is 6.54 Å². The maximum Gasteiger partial charge on any atom is 0.203 e. The molecule has 0 saturated carbocycles. The second-order valence-electron chi connectivity index (χ2n) is 5.60. The Morgan fingerprint density at radius 2 is 2.08 bits per heavy atom. The summed E-state index contributed by atoms with van der Waals surface area (Å²) in [6.07, 6.45) is 3.86. The number of rotatable bonds is 5. The van der Waals surface area contributed by atoms with Crippen molar-refractivity contribution in [3.8, 4) is 17.2 Å². The second-order valence-corrected chi connectivity index (χ2v) is 6.52. The quantitative estimate of drug-likeness (QED) is 0.799. The molecule has 1 aliphatic heterocycles. The Hall–Kier alpha value is -2.47. The summed E-state index contributed by atoms with van der Waals surface area (Å²) in [5, 5.41) is 13.3. The van der Waals surface area contributed by atoms with E-state index in [-0.39, 0.29) is 5.75 Å². The van der Waals surface area contributed by atoms with Gasteiger partial charge in [-0.05, 0) is 46.5 Å². The smallest absolute Gasteiger partial charge is 0.203 e. The van der Waals surface area contributed by atoms with Gasteiger partial charge in [-0.15, -0.1) is 0 Å². The van der Waals surface area contributed by atoms with E-state index in [9.17, 15) is 5.11 Å². The summed E-state index contributed by atoms with van der Waals surface area (Å²) in [5.41, 5.74) is 4.27. The number of hydrogen-bond acceptors (Lipinski definition) is 5. The number of phenolic OH excluding ortho intramolecular Hbond substituents is 1. The number of ether oxygens (including phenoxy) is 2. The maximum atomic E-state index is 10.0. The van der Waals surface area contributed by atoms with Crippen molar-refractivity contribution >= 4 is 27.7 Å². The van der Waals surface area contributed by atoms with E-state index < -0.39 is 0 Å². The lowest BCUT2D eigenvalue weighted by Crippen LogP contribution is -2.10. The molecule has 0 bridgehead atoms. The molecule has 0 amide bonds. The first kappa shape index (κ1) is 17.4. The van der Waals surface area contributed by atoms with Gasteiger partial charge in [-0.1, -0.05) is 22.0 Å². The van der Waals surface area contributed by atoms with Gasteiger partial charge in [0.2, 0.25) is 5.75 Å². The van der Waals surface area contributed by atoms with Gasteiger partial charge in [-0.2, -0.15) is 0 Å². The number of halogens is 1. The zero-order chi connectivity index (χ0) is 17.8. The first-order valence-corrected chi connectivity index (χ1v) is 8.57. The summed E-state index contributed by atoms with van der Waals surface area (Å²) < 4.78 is 11.4. The molecule has 2 N–H and O–H groups in total. The van der Waals surface area contributed by atoms with Crippen LogP contribution in [-0.4, -0.2) is 32.1 Å². The Balaban J connectivity index is 1.77. The van der Waals surface area contributed by atoms with Gasteiger partial charge in [-0.3, -0.25) is 4.99 Å². The van der Waals surface area contributed by atoms with Crippen LogP contribution in [0.4, 0.5) is 0 Å². The number of benzene rings is 2. The molecule has 2 aromatic carbocycles. The molecule has 5 nitrogen and oxygen atoms in total. The van der Waals surface area contributed by atoms with Gasteiger partial charge in [0.1, 0.15) is 0 Å². The number of methoxy groups -OCH3 is 2. The molecule has 130 valence electrons. The normalized spacial score (nSPS) is 14.3. The molecule has 1 aliphatic rings. The maximum absolute atomic E-state index is 10.0. The van der Waals surface area contributed by atoms with Gasteiger partial charge in [0, 0.05) is 23.4 Å². The molecule has 0 unspecified atom stereocenters. The van der Waals surface area contributed by atoms with E-state index in [1.165, 1.54) is 7.11 Å². The Labute approximate surface area is 155 Å². The number of aliphatic imine (C=N–C) groups is 1. The van der Waals surface area contributed by atoms with E-state index in [4.69, 9.17) is 9.47 Å². The Bertz CT molecular complexity index is 847. The van der Waals surface area contributed by atoms with Gasteiger partial charge in [0.15, 0.2) is 11.5 Å². The molecule has 0 fully saturated rings. The topological polar surface area (TPSA) is 63.1 Å². The van der Waals surface area contributed by atoms with Crippen molar-refractivity contribution < 1.29 is 14.6 Å². The average Bonchev–Trinajstić information content (AvgIpc) is 2.61. The number of nitrogens with zero attached hydrogens (tertiary/aromatic N) is 1. The Morgan fingerprint density at radius 3 is 2.84 bits per heavy atom. The zero-order valence-corrected chi connectivity index (χ0v) is 15.6. The summed E-state index contributed by atoms with van der Waals surface area (Å²) in [7, 11) is 3.05. The molecule has 0 aliphatic carbocycles. The molecule has 0 radical (unpaired) electrons. The zero-order valence-electron chi connectivity index (χ0n) is 14.0. The highest BCUT2D eigenvalue weighted by Crippen LogP contribution is 2.37. The fourth-order valence-corrected chi connectivity index (χ4v) is 3.13. The standard InChI is InChI=1S/C19H19BrN2O3/c1-24-18-6-12(5-17(23)19(18)25-2)8-21-10-14-11-22-9-13-3-4-15(20)7-16(13)14/h3-7,9-10,21,23H,8,11H2,1-2H3/b14-10+. The van der Waals surface area contributed by atoms with Crippen LogP contribution in [0.3, 0.4) is 0 Å². The fourth-order valence-electron chi connectivity index (χ4n) is 2.76. The van der Waals surface area contributed by atoms with Crippen molar-refractivity contribution in [3.63, 3.8) is 0 Å². The number of phenols is 1. The lowest BCUT2D eigenvalue weighted by Gasteiger charge is -2.15. The Morgan fingerprint density at radius 1 is 1.24 bits per heavy atom. The van der Waals surface area contributed by atoms with Crippen LogP contribution < -0.4 is 14.8 Å². The molecule has 1 heterocycles. The molecule has 0 aromatic heterocycles. The third-order valence-corrected chi connectivity index (χ3v) is 4.45. The largest absolute Gasteiger partial charge is 0.504 e. The van der Waals surface area contributed by atoms with E-state index in [1.807, 2.05) is 30.6 Å². The molecule has 25 heavy (non-hydrogen) atoms. The average molecular weight is 403 g/mol. The molecule has 0 saturated heterocycles. The summed E-state index contributed by atoms with van der Waals surface area (Å²) in [4.78, 5) is 4.39. The predicted octanol–water partition coefficient (Wildman–Crippen LogP) is 3.74. The van der Waals surface area contributed by atoms with Crippen LogP contribution in [0.5, 0.6) is 17.2 Å². The van der Waals surface area contributed by atoms with Crippen LogP contribution in [0.1, 0.15) is 16.7 Å². The van der Waals surface area contributed by atoms with Crippen molar-refractivity contribution in [2.24, 2.45) is 4.99 Å². The lowest BCUT2D eigenvalue weighted by atomic mass is 9.99. The summed E-state index contributed by atoms with van der Waals surface area (Å²) in [5.74, 6) is 0.899. The monoisotopic (exact) mass is 402 g/mol. The van der Waals surface area contributed by atoms with E-state index in [0.29, 0.717) is 24.6 Å². The van der Waals surface area contributed by atoms with Gasteiger partial charge in [0.25, 0.3) is 0 Å². The van der Waals surface area contributed by atoms with Crippen molar-refractivity contribution in [3.05, 3.63) is 57.7 Å². The van der Waals surface area contributed by atoms with Crippen LogP contribution in [0.25, 0.3) is 5.57 Å². The second kappa shape index (κ2) is 7.61. The summed E-state index contributed by atoms with van der Waals surface area (Å²) >= 11 is 3.51. The van der Waals surface area contributed by atoms with Gasteiger partial charge in [0.05, 0.1) is 20.8 Å². The van der Waals surface area contributed by atoms with E-state index in [2.05, 4.69) is 32.3 Å². The Kier molecular flexibility index (Phi) is 5.28. The molecule has 0 spiro atoms. The van der Waals surface area contributed by atoms with Crippen molar-refractivity contribution in [1.29, 1.82) is 0 Å². The van der Waals surface area contributed by atoms with Crippen LogP contribution in [-0.2, 0) is 6.54 Å². The minimum Gasteiger partial charge on any atom is -0.504 e. The highest BCUT2D eigenvalue weighted by molar-refractivity contribution is 9.10. The number of fused-ring (bicyclic) bond motifs is 1. The summed E-state index contributed by atoms with van der Waals surface area (Å²) in [6, 6.07) is 9.65. The highest BCUT2D eigenvalue weighted by atomic mass is 79.9. The minimum absolute atomic E-state index is 0.0582. The summed E-state index contributed by atoms with van der Waals surface area (Å²) in [6.45, 7) is 1.18. The van der Waals surface area contributed by atoms with Crippen LogP contribution in [0, 0.1) is 0 Å². The van der Waals surface area contributed by atoms with Crippen molar-refractivity contribution in [1.82, 2.24) is 5.32 Å². The minimum atomic E-state index is 0.0582. The van der Waals surface area contributed by atoms with Gasteiger partial charge < -0.3 is 19.9 Å². The molecular weight excluding hydrogens is 384 g/mol. The highest BCUT2D eigenvalue weighted by Gasteiger charge is 2.13. The number of hydrogen-bond donors (Lipinski definition) is 2. The number of aromatic hydroxyl groups is 1. The first-order chi connectivity index (χ1) is 12.1. The fraction of sp³-hybridized carbons (Fsp3) is 0.211. The van der Waals surface area contributed by atoms with E-state index in [1.54, 1.807) is 13.2 Å². The van der Waals surface area contributed by atoms with E-state index >= 15 is 0 Å². The molecule has 3 rings (SSSR count). The lowest BCUT2D eigenvalue weighted by molar-refractivity contribution is 0.332. The van der Waals surface area contributed by atoms with Gasteiger partial charge in [-0.25, -0.2) is 0 Å². The SMILES string of the molecule is COc1cc(CN/C=C2\CN=Cc3ccc(Br)cc32)cc(O)c1OC. The molecule has 2 aromatic rings. The predicted molar refractivity (Wildman–Crippen MR) is 103 cm³/mol. The third kappa shape index (κ3) is 3.79. The first-order valence-electron chi connectivity index (χ1n) is 7.78. The van der Waals surface area contributed by atoms with Crippen LogP contribution >= 0.6 is 15.9 Å². The molecule has 0 atom stereocenters.